The van der Waals surface area contributed by atoms with Crippen LogP contribution in [-0.2, 0) is 11.3 Å². The van der Waals surface area contributed by atoms with Crippen molar-refractivity contribution >= 4 is 5.91 Å². The summed E-state index contributed by atoms with van der Waals surface area (Å²) < 4.78 is 5.47. The van der Waals surface area contributed by atoms with Crippen LogP contribution in [0.4, 0.5) is 0 Å². The van der Waals surface area contributed by atoms with Crippen molar-refractivity contribution in [3.8, 4) is 0 Å². The molecule has 1 aliphatic carbocycles. The number of aliphatic hydroxyl groups excluding tert-OH is 1. The maximum Gasteiger partial charge on any atom is 0.222 e. The summed E-state index contributed by atoms with van der Waals surface area (Å²) in [6.07, 6.45) is 7.67. The van der Waals surface area contributed by atoms with E-state index in [9.17, 15) is 9.90 Å². The number of nitrogens with zero attached hydrogens (tertiary/aromatic N) is 2. The summed E-state index contributed by atoms with van der Waals surface area (Å²) in [7, 11) is 0. The van der Waals surface area contributed by atoms with Crippen molar-refractivity contribution in [2.24, 2.45) is 0 Å². The molecule has 1 saturated carbocycles. The molecule has 122 valence electrons. The largest absolute Gasteiger partial charge is 0.468 e. The summed E-state index contributed by atoms with van der Waals surface area (Å²) in [5, 5.41) is 10.4. The van der Waals surface area contributed by atoms with Crippen LogP contribution in [0.2, 0.25) is 0 Å². The molecular formula is C17H26N2O3. The van der Waals surface area contributed by atoms with Gasteiger partial charge >= 0.3 is 0 Å². The second kappa shape index (κ2) is 7.29. The SMILES string of the molecule is O=C1CCCN1CC(O)CN(Cc1ccco1)C1CCCC1. The van der Waals surface area contributed by atoms with Gasteiger partial charge in [-0.1, -0.05) is 12.8 Å². The van der Waals surface area contributed by atoms with Gasteiger partial charge in [-0.3, -0.25) is 9.69 Å². The van der Waals surface area contributed by atoms with Crippen LogP contribution in [0.15, 0.2) is 22.8 Å². The fraction of sp³-hybridized carbons (Fsp3) is 0.706. The van der Waals surface area contributed by atoms with E-state index in [-0.39, 0.29) is 5.91 Å². The summed E-state index contributed by atoms with van der Waals surface area (Å²) in [6, 6.07) is 4.41. The molecule has 1 N–H and O–H groups in total. The maximum atomic E-state index is 11.7. The molecular weight excluding hydrogens is 280 g/mol. The van der Waals surface area contributed by atoms with Crippen molar-refractivity contribution in [1.82, 2.24) is 9.80 Å². The molecule has 3 rings (SSSR count). The van der Waals surface area contributed by atoms with Crippen LogP contribution < -0.4 is 0 Å². The molecule has 1 aromatic rings. The Morgan fingerprint density at radius 3 is 2.82 bits per heavy atom. The van der Waals surface area contributed by atoms with Gasteiger partial charge in [0.1, 0.15) is 5.76 Å². The zero-order chi connectivity index (χ0) is 15.4. The molecule has 1 saturated heterocycles. The molecule has 1 unspecified atom stereocenters. The molecule has 0 radical (unpaired) electrons. The normalized spacial score (nSPS) is 21.2. The number of amides is 1. The summed E-state index contributed by atoms with van der Waals surface area (Å²) in [5.74, 6) is 1.12. The van der Waals surface area contributed by atoms with Gasteiger partial charge < -0.3 is 14.4 Å². The lowest BCUT2D eigenvalue weighted by Crippen LogP contribution is -2.43. The molecule has 0 spiro atoms. The summed E-state index contributed by atoms with van der Waals surface area (Å²) >= 11 is 0. The number of rotatable bonds is 7. The zero-order valence-corrected chi connectivity index (χ0v) is 13.1. The van der Waals surface area contributed by atoms with Gasteiger partial charge in [-0.05, 0) is 31.4 Å². The van der Waals surface area contributed by atoms with Crippen molar-refractivity contribution in [2.75, 3.05) is 19.6 Å². The highest BCUT2D eigenvalue weighted by Gasteiger charge is 2.28. The third-order valence-electron chi connectivity index (χ3n) is 4.83. The number of hydrogen-bond donors (Lipinski definition) is 1. The van der Waals surface area contributed by atoms with Gasteiger partial charge in [0.25, 0.3) is 0 Å². The predicted molar refractivity (Wildman–Crippen MR) is 83.2 cm³/mol. The first kappa shape index (κ1) is 15.6. The molecule has 1 amide bonds. The van der Waals surface area contributed by atoms with Gasteiger partial charge in [0.15, 0.2) is 0 Å². The van der Waals surface area contributed by atoms with Crippen LogP contribution in [-0.4, -0.2) is 52.6 Å². The molecule has 2 fully saturated rings. The first-order valence-electron chi connectivity index (χ1n) is 8.44. The molecule has 1 aliphatic heterocycles. The Balaban J connectivity index is 1.57. The van der Waals surface area contributed by atoms with Gasteiger partial charge in [0.2, 0.25) is 5.91 Å². The minimum absolute atomic E-state index is 0.178. The van der Waals surface area contributed by atoms with Gasteiger partial charge in [0, 0.05) is 32.1 Å². The van der Waals surface area contributed by atoms with Crippen molar-refractivity contribution in [1.29, 1.82) is 0 Å². The van der Waals surface area contributed by atoms with E-state index in [0.717, 1.165) is 25.3 Å². The summed E-state index contributed by atoms with van der Waals surface area (Å²) in [4.78, 5) is 15.8. The third kappa shape index (κ3) is 3.90. The molecule has 5 nitrogen and oxygen atoms in total. The number of furan rings is 1. The lowest BCUT2D eigenvalue weighted by atomic mass is 10.1. The summed E-state index contributed by atoms with van der Waals surface area (Å²) in [6.45, 7) is 2.59. The molecule has 5 heteroatoms. The topological polar surface area (TPSA) is 56.9 Å². The smallest absolute Gasteiger partial charge is 0.222 e. The van der Waals surface area contributed by atoms with Crippen LogP contribution in [0.3, 0.4) is 0 Å². The Morgan fingerprint density at radius 2 is 2.18 bits per heavy atom. The van der Waals surface area contributed by atoms with E-state index < -0.39 is 6.10 Å². The second-order valence-corrected chi connectivity index (χ2v) is 6.54. The van der Waals surface area contributed by atoms with Crippen LogP contribution in [0.25, 0.3) is 0 Å². The molecule has 2 aliphatic rings. The number of aliphatic hydroxyl groups is 1. The van der Waals surface area contributed by atoms with Gasteiger partial charge in [0.05, 0.1) is 18.9 Å². The average molecular weight is 306 g/mol. The Labute approximate surface area is 131 Å². The summed E-state index contributed by atoms with van der Waals surface area (Å²) in [5.41, 5.74) is 0. The van der Waals surface area contributed by atoms with Crippen molar-refractivity contribution in [2.45, 2.75) is 57.2 Å². The standard InChI is InChI=1S/C17H26N2O3/c20-15(11-18-9-3-8-17(18)21)12-19(14-5-1-2-6-14)13-16-7-4-10-22-16/h4,7,10,14-15,20H,1-3,5-6,8-9,11-13H2. The van der Waals surface area contributed by atoms with E-state index >= 15 is 0 Å². The van der Waals surface area contributed by atoms with E-state index in [2.05, 4.69) is 4.90 Å². The molecule has 0 aromatic carbocycles. The highest BCUT2D eigenvalue weighted by molar-refractivity contribution is 5.78. The zero-order valence-electron chi connectivity index (χ0n) is 13.1. The fourth-order valence-corrected chi connectivity index (χ4v) is 3.69. The Kier molecular flexibility index (Phi) is 5.16. The lowest BCUT2D eigenvalue weighted by molar-refractivity contribution is -0.129. The number of β-amino-alcohol motifs (C(OH)–C–C–N with tert-alkyl or cyclic N) is 1. The van der Waals surface area contributed by atoms with Crippen LogP contribution in [0.5, 0.6) is 0 Å². The van der Waals surface area contributed by atoms with Crippen molar-refractivity contribution < 1.29 is 14.3 Å². The minimum Gasteiger partial charge on any atom is -0.468 e. The van der Waals surface area contributed by atoms with E-state index in [1.807, 2.05) is 12.1 Å². The lowest BCUT2D eigenvalue weighted by Gasteiger charge is -2.31. The van der Waals surface area contributed by atoms with Crippen LogP contribution in [0, 0.1) is 0 Å². The predicted octanol–water partition coefficient (Wildman–Crippen LogP) is 2.01. The van der Waals surface area contributed by atoms with E-state index in [0.29, 0.717) is 25.6 Å². The van der Waals surface area contributed by atoms with Crippen molar-refractivity contribution in [3.63, 3.8) is 0 Å². The monoisotopic (exact) mass is 306 g/mol. The second-order valence-electron chi connectivity index (χ2n) is 6.54. The number of carbonyl (C=O) groups excluding carboxylic acids is 1. The average Bonchev–Trinajstić information content (AvgIpc) is 3.22. The number of carbonyl (C=O) groups is 1. The van der Waals surface area contributed by atoms with Crippen molar-refractivity contribution in [3.05, 3.63) is 24.2 Å². The quantitative estimate of drug-likeness (QED) is 0.837. The van der Waals surface area contributed by atoms with Gasteiger partial charge in [-0.15, -0.1) is 0 Å². The van der Waals surface area contributed by atoms with E-state index in [1.165, 1.54) is 25.7 Å². The van der Waals surface area contributed by atoms with Gasteiger partial charge in [-0.2, -0.15) is 0 Å². The fourth-order valence-electron chi connectivity index (χ4n) is 3.69. The molecule has 2 heterocycles. The van der Waals surface area contributed by atoms with E-state index in [1.54, 1.807) is 11.2 Å². The van der Waals surface area contributed by atoms with E-state index in [4.69, 9.17) is 4.42 Å². The molecule has 1 atom stereocenters. The minimum atomic E-state index is -0.488. The first-order valence-corrected chi connectivity index (χ1v) is 8.44. The third-order valence-corrected chi connectivity index (χ3v) is 4.83. The van der Waals surface area contributed by atoms with Crippen LogP contribution >= 0.6 is 0 Å². The Bertz CT molecular complexity index is 468. The Hall–Kier alpha value is -1.33. The molecule has 22 heavy (non-hydrogen) atoms. The first-order chi connectivity index (χ1) is 10.7. The highest BCUT2D eigenvalue weighted by Crippen LogP contribution is 2.25. The van der Waals surface area contributed by atoms with Gasteiger partial charge in [-0.25, -0.2) is 0 Å². The molecule has 1 aromatic heterocycles. The highest BCUT2D eigenvalue weighted by atomic mass is 16.3. The Morgan fingerprint density at radius 1 is 1.36 bits per heavy atom. The van der Waals surface area contributed by atoms with Crippen LogP contribution in [0.1, 0.15) is 44.3 Å². The number of hydrogen-bond acceptors (Lipinski definition) is 4. The number of likely N-dealkylation sites (tertiary alicyclic amines) is 1. The molecule has 0 bridgehead atoms. The maximum absolute atomic E-state index is 11.7.